The van der Waals surface area contributed by atoms with E-state index in [0.29, 0.717) is 19.4 Å². The van der Waals surface area contributed by atoms with Crippen molar-refractivity contribution < 1.29 is 19.2 Å². The Hall–Kier alpha value is -1.89. The van der Waals surface area contributed by atoms with E-state index in [1.54, 1.807) is 0 Å². The van der Waals surface area contributed by atoms with Gasteiger partial charge in [0, 0.05) is 25.2 Å². The minimum atomic E-state index is -0.952. The number of halogens is 2. The molecule has 1 saturated heterocycles. The van der Waals surface area contributed by atoms with Crippen molar-refractivity contribution in [1.82, 2.24) is 0 Å². The smallest absolute Gasteiger partial charge is 0.308 e. The van der Waals surface area contributed by atoms with Gasteiger partial charge in [-0.15, -0.1) is 0 Å². The Kier molecular flexibility index (Phi) is 4.08. The van der Waals surface area contributed by atoms with E-state index in [4.69, 9.17) is 16.7 Å². The molecule has 1 fully saturated rings. The highest BCUT2D eigenvalue weighted by Crippen LogP contribution is 2.35. The topological polar surface area (TPSA) is 83.7 Å². The summed E-state index contributed by atoms with van der Waals surface area (Å²) in [5.41, 5.74) is -0.245. The number of nitrogens with zero attached hydrogens (tertiary/aromatic N) is 2. The van der Waals surface area contributed by atoms with Gasteiger partial charge in [0.05, 0.1) is 15.9 Å². The van der Waals surface area contributed by atoms with Gasteiger partial charge >= 0.3 is 5.97 Å². The molecular formula is C12H12ClFN2O4. The predicted octanol–water partition coefficient (Wildman–Crippen LogP) is 2.69. The summed E-state index contributed by atoms with van der Waals surface area (Å²) in [6.45, 7) is 0.572. The van der Waals surface area contributed by atoms with Crippen LogP contribution >= 0.6 is 11.6 Å². The molecule has 0 amide bonds. The standard InChI is InChI=1S/C12H12ClFN2O4/c13-8-4-11(16(19)20)10(5-9(8)14)15-3-1-2-7(6-15)12(17)18/h4-5,7H,1-3,6H2,(H,17,18). The van der Waals surface area contributed by atoms with Crippen molar-refractivity contribution in [2.24, 2.45) is 5.92 Å². The monoisotopic (exact) mass is 302 g/mol. The van der Waals surface area contributed by atoms with Crippen LogP contribution in [-0.4, -0.2) is 29.1 Å². The zero-order chi connectivity index (χ0) is 14.9. The largest absolute Gasteiger partial charge is 0.481 e. The number of aliphatic carboxylic acids is 1. The number of piperidine rings is 1. The summed E-state index contributed by atoms with van der Waals surface area (Å²) in [6, 6.07) is 1.95. The Morgan fingerprint density at radius 3 is 2.85 bits per heavy atom. The molecule has 1 heterocycles. The molecule has 0 aliphatic carbocycles. The van der Waals surface area contributed by atoms with Crippen LogP contribution in [0.4, 0.5) is 15.8 Å². The number of anilines is 1. The van der Waals surface area contributed by atoms with Crippen LogP contribution < -0.4 is 4.90 Å². The fourth-order valence-corrected chi connectivity index (χ4v) is 2.48. The zero-order valence-corrected chi connectivity index (χ0v) is 11.1. The summed E-state index contributed by atoms with van der Waals surface area (Å²) in [5, 5.41) is 19.7. The number of hydrogen-bond donors (Lipinski definition) is 1. The Morgan fingerprint density at radius 1 is 1.55 bits per heavy atom. The minimum absolute atomic E-state index is 0.0721. The maximum atomic E-state index is 13.5. The second-order valence-corrected chi connectivity index (χ2v) is 5.04. The number of benzene rings is 1. The first-order valence-corrected chi connectivity index (χ1v) is 6.39. The maximum absolute atomic E-state index is 13.5. The van der Waals surface area contributed by atoms with Crippen molar-refractivity contribution in [3.63, 3.8) is 0 Å². The number of carbonyl (C=O) groups is 1. The highest BCUT2D eigenvalue weighted by molar-refractivity contribution is 6.31. The lowest BCUT2D eigenvalue weighted by Crippen LogP contribution is -2.39. The molecule has 1 atom stereocenters. The van der Waals surface area contributed by atoms with Crippen LogP contribution in [0.2, 0.25) is 5.02 Å². The van der Waals surface area contributed by atoms with Crippen LogP contribution in [0.25, 0.3) is 0 Å². The average molecular weight is 303 g/mol. The lowest BCUT2D eigenvalue weighted by atomic mass is 9.97. The third kappa shape index (κ3) is 2.82. The van der Waals surface area contributed by atoms with Crippen LogP contribution in [-0.2, 0) is 4.79 Å². The van der Waals surface area contributed by atoms with Gasteiger partial charge in [-0.25, -0.2) is 4.39 Å². The molecule has 1 aliphatic rings. The van der Waals surface area contributed by atoms with Gasteiger partial charge in [-0.1, -0.05) is 11.6 Å². The van der Waals surface area contributed by atoms with Crippen LogP contribution in [0.3, 0.4) is 0 Å². The summed E-state index contributed by atoms with van der Waals surface area (Å²) in [5.74, 6) is -2.32. The van der Waals surface area contributed by atoms with Crippen molar-refractivity contribution in [1.29, 1.82) is 0 Å². The lowest BCUT2D eigenvalue weighted by Gasteiger charge is -2.32. The Bertz CT molecular complexity index is 567. The minimum Gasteiger partial charge on any atom is -0.481 e. The van der Waals surface area contributed by atoms with Gasteiger partial charge in [0.15, 0.2) is 0 Å². The van der Waals surface area contributed by atoms with Gasteiger partial charge in [-0.05, 0) is 12.8 Å². The summed E-state index contributed by atoms with van der Waals surface area (Å²) < 4.78 is 13.5. The quantitative estimate of drug-likeness (QED) is 0.685. The second-order valence-electron chi connectivity index (χ2n) is 4.64. The first-order valence-electron chi connectivity index (χ1n) is 6.01. The number of carboxylic acid groups (broad SMARTS) is 1. The maximum Gasteiger partial charge on any atom is 0.308 e. The molecular weight excluding hydrogens is 291 g/mol. The predicted molar refractivity (Wildman–Crippen MR) is 70.6 cm³/mol. The Labute approximate surface area is 118 Å². The number of carboxylic acids is 1. The van der Waals surface area contributed by atoms with Crippen molar-refractivity contribution in [3.8, 4) is 0 Å². The van der Waals surface area contributed by atoms with E-state index >= 15 is 0 Å². The first-order chi connectivity index (χ1) is 9.40. The van der Waals surface area contributed by atoms with E-state index in [9.17, 15) is 19.3 Å². The third-order valence-corrected chi connectivity index (χ3v) is 3.62. The van der Waals surface area contributed by atoms with Crippen molar-refractivity contribution >= 4 is 28.9 Å². The SMILES string of the molecule is O=C(O)C1CCCN(c2cc(F)c(Cl)cc2[N+](=O)[O-])C1. The summed E-state index contributed by atoms with van der Waals surface area (Å²) >= 11 is 5.56. The van der Waals surface area contributed by atoms with Crippen molar-refractivity contribution in [3.05, 3.63) is 33.1 Å². The van der Waals surface area contributed by atoms with E-state index in [1.165, 1.54) is 4.90 Å². The highest BCUT2D eigenvalue weighted by Gasteiger charge is 2.30. The van der Waals surface area contributed by atoms with E-state index in [0.717, 1.165) is 12.1 Å². The molecule has 108 valence electrons. The second kappa shape index (κ2) is 5.62. The molecule has 1 aliphatic heterocycles. The van der Waals surface area contributed by atoms with Crippen LogP contribution in [0.15, 0.2) is 12.1 Å². The molecule has 20 heavy (non-hydrogen) atoms. The molecule has 0 saturated carbocycles. The van der Waals surface area contributed by atoms with E-state index in [-0.39, 0.29) is 22.9 Å². The van der Waals surface area contributed by atoms with Gasteiger partial charge in [0.2, 0.25) is 0 Å². The van der Waals surface area contributed by atoms with Gasteiger partial charge in [-0.2, -0.15) is 0 Å². The van der Waals surface area contributed by atoms with Gasteiger partial charge in [0.1, 0.15) is 11.5 Å². The van der Waals surface area contributed by atoms with E-state index < -0.39 is 22.6 Å². The fourth-order valence-electron chi connectivity index (χ4n) is 2.32. The van der Waals surface area contributed by atoms with E-state index in [2.05, 4.69) is 0 Å². The van der Waals surface area contributed by atoms with Crippen LogP contribution in [0.1, 0.15) is 12.8 Å². The fraction of sp³-hybridized carbons (Fsp3) is 0.417. The number of nitro groups is 1. The lowest BCUT2D eigenvalue weighted by molar-refractivity contribution is -0.384. The van der Waals surface area contributed by atoms with Crippen LogP contribution in [0.5, 0.6) is 0 Å². The molecule has 1 unspecified atom stereocenters. The molecule has 0 radical (unpaired) electrons. The molecule has 1 aromatic carbocycles. The molecule has 1 N–H and O–H groups in total. The van der Waals surface area contributed by atoms with E-state index in [1.807, 2.05) is 0 Å². The average Bonchev–Trinajstić information content (AvgIpc) is 2.41. The summed E-state index contributed by atoms with van der Waals surface area (Å²) in [7, 11) is 0. The van der Waals surface area contributed by atoms with Gasteiger partial charge in [0.25, 0.3) is 5.69 Å². The molecule has 2 rings (SSSR count). The summed E-state index contributed by atoms with van der Waals surface area (Å²) in [6.07, 6.45) is 1.09. The molecule has 0 spiro atoms. The van der Waals surface area contributed by atoms with Gasteiger partial charge < -0.3 is 10.0 Å². The molecule has 0 bridgehead atoms. The normalized spacial score (nSPS) is 18.9. The van der Waals surface area contributed by atoms with Crippen molar-refractivity contribution in [2.75, 3.05) is 18.0 Å². The first kappa shape index (κ1) is 14.5. The van der Waals surface area contributed by atoms with Crippen LogP contribution in [0, 0.1) is 21.8 Å². The highest BCUT2D eigenvalue weighted by atomic mass is 35.5. The van der Waals surface area contributed by atoms with Crippen molar-refractivity contribution in [2.45, 2.75) is 12.8 Å². The molecule has 8 heteroatoms. The zero-order valence-electron chi connectivity index (χ0n) is 10.4. The summed E-state index contributed by atoms with van der Waals surface area (Å²) in [4.78, 5) is 22.9. The number of rotatable bonds is 3. The molecule has 1 aromatic rings. The Morgan fingerprint density at radius 2 is 2.25 bits per heavy atom. The number of hydrogen-bond acceptors (Lipinski definition) is 4. The number of nitro benzene ring substituents is 1. The molecule has 6 nitrogen and oxygen atoms in total. The third-order valence-electron chi connectivity index (χ3n) is 3.33. The molecule has 0 aromatic heterocycles. The Balaban J connectivity index is 2.38. The van der Waals surface area contributed by atoms with Gasteiger partial charge in [-0.3, -0.25) is 14.9 Å².